The van der Waals surface area contributed by atoms with Crippen molar-refractivity contribution in [3.63, 3.8) is 0 Å². The summed E-state index contributed by atoms with van der Waals surface area (Å²) in [6, 6.07) is 7.60. The van der Waals surface area contributed by atoms with Crippen LogP contribution < -0.4 is 0 Å². The molecule has 0 radical (unpaired) electrons. The molecule has 3 nitrogen and oxygen atoms in total. The zero-order chi connectivity index (χ0) is 10.8. The summed E-state index contributed by atoms with van der Waals surface area (Å²) in [5, 5.41) is 9.61. The minimum absolute atomic E-state index is 0.0426. The molecule has 0 amide bonds. The van der Waals surface area contributed by atoms with Gasteiger partial charge in [-0.15, -0.1) is 0 Å². The van der Waals surface area contributed by atoms with Crippen LogP contribution in [0.4, 0.5) is 0 Å². The van der Waals surface area contributed by atoms with Gasteiger partial charge in [0.05, 0.1) is 12.5 Å². The third kappa shape index (κ3) is 1.62. The summed E-state index contributed by atoms with van der Waals surface area (Å²) in [6.07, 6.45) is 2.18. The van der Waals surface area contributed by atoms with E-state index >= 15 is 0 Å². The van der Waals surface area contributed by atoms with Crippen LogP contribution in [0.5, 0.6) is 0 Å². The second kappa shape index (κ2) is 3.58. The maximum Gasteiger partial charge on any atom is 0.159 e. The van der Waals surface area contributed by atoms with Gasteiger partial charge in [0, 0.05) is 22.7 Å². The SMILES string of the molecule is CC(=O)c1ccc2[nH]cc(CC#N)c2c1. The molecule has 1 heterocycles. The molecule has 0 atom stereocenters. The molecule has 2 aromatic rings. The van der Waals surface area contributed by atoms with E-state index in [1.54, 1.807) is 6.07 Å². The van der Waals surface area contributed by atoms with Gasteiger partial charge in [-0.05, 0) is 30.7 Å². The quantitative estimate of drug-likeness (QED) is 0.753. The van der Waals surface area contributed by atoms with Crippen LogP contribution in [0.15, 0.2) is 24.4 Å². The number of hydrogen-bond acceptors (Lipinski definition) is 2. The molecule has 1 aromatic carbocycles. The molecule has 0 aliphatic carbocycles. The zero-order valence-electron chi connectivity index (χ0n) is 8.37. The van der Waals surface area contributed by atoms with E-state index in [-0.39, 0.29) is 5.78 Å². The average molecular weight is 198 g/mol. The van der Waals surface area contributed by atoms with Gasteiger partial charge in [0.15, 0.2) is 5.78 Å². The topological polar surface area (TPSA) is 56.6 Å². The Morgan fingerprint density at radius 3 is 3.00 bits per heavy atom. The number of nitrogens with one attached hydrogen (secondary N) is 1. The summed E-state index contributed by atoms with van der Waals surface area (Å²) in [5.74, 6) is 0.0426. The van der Waals surface area contributed by atoms with E-state index in [1.165, 1.54) is 6.92 Å². The lowest BCUT2D eigenvalue weighted by molar-refractivity contribution is 0.101. The first kappa shape index (κ1) is 9.47. The van der Waals surface area contributed by atoms with Crippen LogP contribution in [0.2, 0.25) is 0 Å². The van der Waals surface area contributed by atoms with Crippen molar-refractivity contribution in [3.8, 4) is 6.07 Å². The number of carbonyl (C=O) groups excluding carboxylic acids is 1. The Balaban J connectivity index is 2.62. The van der Waals surface area contributed by atoms with E-state index in [4.69, 9.17) is 5.26 Å². The third-order valence-corrected chi connectivity index (χ3v) is 2.44. The molecule has 0 aliphatic rings. The van der Waals surface area contributed by atoms with Crippen molar-refractivity contribution >= 4 is 16.7 Å². The summed E-state index contributed by atoms with van der Waals surface area (Å²) in [4.78, 5) is 14.3. The number of nitrogens with zero attached hydrogens (tertiary/aromatic N) is 1. The summed E-state index contributed by atoms with van der Waals surface area (Å²) in [6.45, 7) is 1.54. The first-order valence-corrected chi connectivity index (χ1v) is 4.70. The van der Waals surface area contributed by atoms with Gasteiger partial charge in [0.1, 0.15) is 0 Å². The van der Waals surface area contributed by atoms with Gasteiger partial charge in [-0.3, -0.25) is 4.79 Å². The molecule has 1 aromatic heterocycles. The molecule has 0 spiro atoms. The largest absolute Gasteiger partial charge is 0.361 e. The highest BCUT2D eigenvalue weighted by atomic mass is 16.1. The Morgan fingerprint density at radius 1 is 1.53 bits per heavy atom. The first-order valence-electron chi connectivity index (χ1n) is 4.70. The van der Waals surface area contributed by atoms with Gasteiger partial charge in [0.2, 0.25) is 0 Å². The van der Waals surface area contributed by atoms with Crippen LogP contribution in [-0.4, -0.2) is 10.8 Å². The lowest BCUT2D eigenvalue weighted by Crippen LogP contribution is -1.91. The smallest absolute Gasteiger partial charge is 0.159 e. The lowest BCUT2D eigenvalue weighted by Gasteiger charge is -1.97. The molecular formula is C12H10N2O. The monoisotopic (exact) mass is 198 g/mol. The molecule has 0 bridgehead atoms. The van der Waals surface area contributed by atoms with Gasteiger partial charge >= 0.3 is 0 Å². The first-order chi connectivity index (χ1) is 7.22. The summed E-state index contributed by atoms with van der Waals surface area (Å²) >= 11 is 0. The fraction of sp³-hybridized carbons (Fsp3) is 0.167. The standard InChI is InChI=1S/C12H10N2O/c1-8(15)9-2-3-12-11(6-9)10(4-5-13)7-14-12/h2-3,6-7,14H,4H2,1H3. The van der Waals surface area contributed by atoms with Crippen molar-refractivity contribution in [3.05, 3.63) is 35.5 Å². The van der Waals surface area contributed by atoms with Gasteiger partial charge in [-0.25, -0.2) is 0 Å². The van der Waals surface area contributed by atoms with Gasteiger partial charge in [-0.2, -0.15) is 5.26 Å². The maximum absolute atomic E-state index is 11.2. The number of carbonyl (C=O) groups is 1. The van der Waals surface area contributed by atoms with Crippen LogP contribution in [0, 0.1) is 11.3 Å². The highest BCUT2D eigenvalue weighted by molar-refractivity contribution is 5.98. The molecule has 2 rings (SSSR count). The molecule has 15 heavy (non-hydrogen) atoms. The molecule has 74 valence electrons. The Labute approximate surface area is 87.3 Å². The second-order valence-electron chi connectivity index (χ2n) is 3.47. The molecule has 3 heteroatoms. The molecule has 0 aliphatic heterocycles. The number of aromatic nitrogens is 1. The van der Waals surface area contributed by atoms with Crippen molar-refractivity contribution < 1.29 is 4.79 Å². The Bertz CT molecular complexity index is 560. The number of H-pyrrole nitrogens is 1. The number of Topliss-reactive ketones (excluding diaryl/α,β-unsaturated/α-hetero) is 1. The molecule has 0 saturated carbocycles. The van der Waals surface area contributed by atoms with Crippen molar-refractivity contribution in [2.75, 3.05) is 0 Å². The molecule has 0 saturated heterocycles. The number of nitriles is 1. The Morgan fingerprint density at radius 2 is 2.33 bits per heavy atom. The number of aromatic amines is 1. The van der Waals surface area contributed by atoms with E-state index < -0.39 is 0 Å². The number of ketones is 1. The van der Waals surface area contributed by atoms with Crippen molar-refractivity contribution in [1.29, 1.82) is 5.26 Å². The summed E-state index contributed by atoms with van der Waals surface area (Å²) < 4.78 is 0. The van der Waals surface area contributed by atoms with Crippen LogP contribution in [0.3, 0.4) is 0 Å². The number of benzene rings is 1. The fourth-order valence-corrected chi connectivity index (χ4v) is 1.63. The van der Waals surface area contributed by atoms with Crippen molar-refractivity contribution in [2.24, 2.45) is 0 Å². The van der Waals surface area contributed by atoms with Crippen molar-refractivity contribution in [2.45, 2.75) is 13.3 Å². The van der Waals surface area contributed by atoms with E-state index in [1.807, 2.05) is 18.3 Å². The average Bonchev–Trinajstić information content (AvgIpc) is 2.61. The molecule has 1 N–H and O–H groups in total. The highest BCUT2D eigenvalue weighted by Crippen LogP contribution is 2.20. The van der Waals surface area contributed by atoms with Crippen LogP contribution in [-0.2, 0) is 6.42 Å². The minimum Gasteiger partial charge on any atom is -0.361 e. The predicted molar refractivity (Wildman–Crippen MR) is 57.6 cm³/mol. The Kier molecular flexibility index (Phi) is 2.26. The fourth-order valence-electron chi connectivity index (χ4n) is 1.63. The third-order valence-electron chi connectivity index (χ3n) is 2.44. The Hall–Kier alpha value is -2.08. The van der Waals surface area contributed by atoms with E-state index in [2.05, 4.69) is 11.1 Å². The maximum atomic E-state index is 11.2. The van der Waals surface area contributed by atoms with Gasteiger partial charge < -0.3 is 4.98 Å². The van der Waals surface area contributed by atoms with Gasteiger partial charge in [0.25, 0.3) is 0 Å². The highest BCUT2D eigenvalue weighted by Gasteiger charge is 2.06. The van der Waals surface area contributed by atoms with E-state index in [0.717, 1.165) is 16.5 Å². The number of hydrogen-bond donors (Lipinski definition) is 1. The van der Waals surface area contributed by atoms with Crippen LogP contribution >= 0.6 is 0 Å². The predicted octanol–water partition coefficient (Wildman–Crippen LogP) is 2.44. The van der Waals surface area contributed by atoms with E-state index in [9.17, 15) is 4.79 Å². The second-order valence-corrected chi connectivity index (χ2v) is 3.47. The molecular weight excluding hydrogens is 188 g/mol. The van der Waals surface area contributed by atoms with Gasteiger partial charge in [-0.1, -0.05) is 0 Å². The number of fused-ring (bicyclic) bond motifs is 1. The zero-order valence-corrected chi connectivity index (χ0v) is 8.37. The molecule has 0 unspecified atom stereocenters. The minimum atomic E-state index is 0.0426. The van der Waals surface area contributed by atoms with Crippen LogP contribution in [0.1, 0.15) is 22.8 Å². The molecule has 0 fully saturated rings. The van der Waals surface area contributed by atoms with E-state index in [0.29, 0.717) is 12.0 Å². The normalized spacial score (nSPS) is 10.1. The summed E-state index contributed by atoms with van der Waals surface area (Å²) in [5.41, 5.74) is 2.59. The summed E-state index contributed by atoms with van der Waals surface area (Å²) in [7, 11) is 0. The lowest BCUT2D eigenvalue weighted by atomic mass is 10.1. The number of rotatable bonds is 2. The van der Waals surface area contributed by atoms with Crippen molar-refractivity contribution in [1.82, 2.24) is 4.98 Å². The van der Waals surface area contributed by atoms with Crippen LogP contribution in [0.25, 0.3) is 10.9 Å².